The number of aliphatic imine (C=N–C) groups is 1. The molecule has 1 heterocycles. The smallest absolute Gasteiger partial charge is 0.191 e. The molecule has 0 bridgehead atoms. The van der Waals surface area contributed by atoms with Crippen molar-refractivity contribution in [1.82, 2.24) is 10.6 Å². The van der Waals surface area contributed by atoms with E-state index in [9.17, 15) is 0 Å². The third-order valence-electron chi connectivity index (χ3n) is 4.17. The van der Waals surface area contributed by atoms with Crippen molar-refractivity contribution >= 4 is 29.9 Å². The largest absolute Gasteiger partial charge is 0.492 e. The van der Waals surface area contributed by atoms with E-state index < -0.39 is 0 Å². The van der Waals surface area contributed by atoms with E-state index in [2.05, 4.69) is 47.7 Å². The maximum atomic E-state index is 5.79. The Morgan fingerprint density at radius 1 is 1.15 bits per heavy atom. The highest BCUT2D eigenvalue weighted by molar-refractivity contribution is 14.0. The molecule has 2 rings (SSSR count). The number of rotatable bonds is 10. The van der Waals surface area contributed by atoms with E-state index in [1.54, 1.807) is 7.05 Å². The fourth-order valence-corrected chi connectivity index (χ4v) is 2.95. The topological polar surface area (TPSA) is 64.1 Å². The molecule has 2 N–H and O–H groups in total. The molecule has 0 radical (unpaired) electrons. The quantitative estimate of drug-likeness (QED) is 0.228. The van der Waals surface area contributed by atoms with E-state index in [0.29, 0.717) is 25.9 Å². The standard InChI is InChI=1S/C20H33N3O3.HI/c1-16-12-17(2)14-19(13-16)26-11-8-23-20(21-3)22-7-5-9-24-15-18-6-4-10-25-18;/h12-14,18H,4-11,15H2,1-3H3,(H2,21,22,23);1H. The van der Waals surface area contributed by atoms with Gasteiger partial charge < -0.3 is 24.8 Å². The molecule has 1 aromatic carbocycles. The molecule has 1 saturated heterocycles. The summed E-state index contributed by atoms with van der Waals surface area (Å²) >= 11 is 0. The van der Waals surface area contributed by atoms with Crippen molar-refractivity contribution < 1.29 is 14.2 Å². The van der Waals surface area contributed by atoms with Crippen LogP contribution in [0.4, 0.5) is 0 Å². The van der Waals surface area contributed by atoms with E-state index in [0.717, 1.165) is 50.7 Å². The average Bonchev–Trinajstić information content (AvgIpc) is 3.12. The van der Waals surface area contributed by atoms with Crippen molar-refractivity contribution in [1.29, 1.82) is 0 Å². The fraction of sp³-hybridized carbons (Fsp3) is 0.650. The summed E-state index contributed by atoms with van der Waals surface area (Å²) in [5, 5.41) is 6.54. The van der Waals surface area contributed by atoms with Crippen molar-refractivity contribution in [3.05, 3.63) is 29.3 Å². The summed E-state index contributed by atoms with van der Waals surface area (Å²) in [5.41, 5.74) is 2.43. The Morgan fingerprint density at radius 3 is 2.56 bits per heavy atom. The zero-order valence-electron chi connectivity index (χ0n) is 16.8. The van der Waals surface area contributed by atoms with Crippen molar-refractivity contribution in [2.24, 2.45) is 4.99 Å². The lowest BCUT2D eigenvalue weighted by atomic mass is 10.1. The number of hydrogen-bond acceptors (Lipinski definition) is 4. The molecule has 27 heavy (non-hydrogen) atoms. The second-order valence-electron chi connectivity index (χ2n) is 6.66. The molecular weight excluding hydrogens is 457 g/mol. The number of ether oxygens (including phenoxy) is 3. The molecule has 1 atom stereocenters. The lowest BCUT2D eigenvalue weighted by molar-refractivity contribution is 0.0168. The molecule has 6 nitrogen and oxygen atoms in total. The maximum Gasteiger partial charge on any atom is 0.191 e. The van der Waals surface area contributed by atoms with Crippen LogP contribution in [0, 0.1) is 13.8 Å². The van der Waals surface area contributed by atoms with Gasteiger partial charge in [-0.3, -0.25) is 4.99 Å². The molecule has 0 aliphatic carbocycles. The van der Waals surface area contributed by atoms with Crippen molar-refractivity contribution in [2.45, 2.75) is 39.2 Å². The van der Waals surface area contributed by atoms with Crippen LogP contribution in [0.25, 0.3) is 0 Å². The van der Waals surface area contributed by atoms with Crippen LogP contribution in [0.1, 0.15) is 30.4 Å². The minimum Gasteiger partial charge on any atom is -0.492 e. The first kappa shape index (κ1) is 24.0. The Kier molecular flexibility index (Phi) is 12.4. The molecule has 1 aliphatic rings. The van der Waals surface area contributed by atoms with Crippen LogP contribution in [0.3, 0.4) is 0 Å². The number of benzene rings is 1. The van der Waals surface area contributed by atoms with E-state index in [4.69, 9.17) is 14.2 Å². The Labute approximate surface area is 180 Å². The van der Waals surface area contributed by atoms with Gasteiger partial charge in [0.25, 0.3) is 0 Å². The highest BCUT2D eigenvalue weighted by atomic mass is 127. The third-order valence-corrected chi connectivity index (χ3v) is 4.17. The van der Waals surface area contributed by atoms with Gasteiger partial charge in [-0.15, -0.1) is 24.0 Å². The highest BCUT2D eigenvalue weighted by Crippen LogP contribution is 2.15. The first-order valence-electron chi connectivity index (χ1n) is 9.52. The van der Waals surface area contributed by atoms with Crippen LogP contribution in [-0.2, 0) is 9.47 Å². The second-order valence-corrected chi connectivity index (χ2v) is 6.66. The first-order valence-corrected chi connectivity index (χ1v) is 9.52. The van der Waals surface area contributed by atoms with Gasteiger partial charge in [0.15, 0.2) is 5.96 Å². The van der Waals surface area contributed by atoms with Crippen LogP contribution in [0.2, 0.25) is 0 Å². The monoisotopic (exact) mass is 491 g/mol. The van der Waals surface area contributed by atoms with Crippen LogP contribution in [0.15, 0.2) is 23.2 Å². The normalized spacial score (nSPS) is 16.7. The number of halogens is 1. The van der Waals surface area contributed by atoms with Gasteiger partial charge >= 0.3 is 0 Å². The van der Waals surface area contributed by atoms with Gasteiger partial charge in [0.1, 0.15) is 12.4 Å². The molecule has 0 saturated carbocycles. The Bertz CT molecular complexity index is 543. The van der Waals surface area contributed by atoms with Gasteiger partial charge in [-0.2, -0.15) is 0 Å². The molecule has 1 fully saturated rings. The highest BCUT2D eigenvalue weighted by Gasteiger charge is 2.14. The van der Waals surface area contributed by atoms with Gasteiger partial charge in [-0.05, 0) is 56.4 Å². The molecule has 1 aliphatic heterocycles. The number of nitrogens with one attached hydrogen (secondary N) is 2. The van der Waals surface area contributed by atoms with Gasteiger partial charge in [0.05, 0.1) is 19.3 Å². The van der Waals surface area contributed by atoms with Gasteiger partial charge in [-0.1, -0.05) is 6.07 Å². The van der Waals surface area contributed by atoms with Crippen LogP contribution >= 0.6 is 24.0 Å². The van der Waals surface area contributed by atoms with Crippen LogP contribution < -0.4 is 15.4 Å². The zero-order chi connectivity index (χ0) is 18.6. The molecule has 0 aromatic heterocycles. The van der Waals surface area contributed by atoms with Crippen LogP contribution in [-0.4, -0.2) is 58.6 Å². The van der Waals surface area contributed by atoms with E-state index in [1.807, 2.05) is 0 Å². The molecule has 1 aromatic rings. The number of aryl methyl sites for hydroxylation is 2. The van der Waals surface area contributed by atoms with Gasteiger partial charge in [-0.25, -0.2) is 0 Å². The molecule has 0 spiro atoms. The maximum absolute atomic E-state index is 5.79. The van der Waals surface area contributed by atoms with E-state index in [-0.39, 0.29) is 24.0 Å². The van der Waals surface area contributed by atoms with Crippen molar-refractivity contribution in [2.75, 3.05) is 46.6 Å². The number of guanidine groups is 1. The summed E-state index contributed by atoms with van der Waals surface area (Å²) < 4.78 is 17.0. The van der Waals surface area contributed by atoms with Crippen molar-refractivity contribution in [3.63, 3.8) is 0 Å². The number of hydrogen-bond donors (Lipinski definition) is 2. The Hall–Kier alpha value is -1.06. The summed E-state index contributed by atoms with van der Waals surface area (Å²) in [6.45, 7) is 8.59. The molecule has 7 heteroatoms. The SMILES string of the molecule is CN=C(NCCCOCC1CCCO1)NCCOc1cc(C)cc(C)c1.I. The molecule has 1 unspecified atom stereocenters. The number of nitrogens with zero attached hydrogens (tertiary/aromatic N) is 1. The Morgan fingerprint density at radius 2 is 1.89 bits per heavy atom. The fourth-order valence-electron chi connectivity index (χ4n) is 2.95. The summed E-state index contributed by atoms with van der Waals surface area (Å²) in [6.07, 6.45) is 3.52. The molecular formula is C20H34IN3O3. The first-order chi connectivity index (χ1) is 12.7. The average molecular weight is 491 g/mol. The zero-order valence-corrected chi connectivity index (χ0v) is 19.1. The third kappa shape index (κ3) is 10.2. The minimum atomic E-state index is 0. The summed E-state index contributed by atoms with van der Waals surface area (Å²) in [5.74, 6) is 1.70. The second kappa shape index (κ2) is 14.0. The predicted octanol–water partition coefficient (Wildman–Crippen LogP) is 3.05. The summed E-state index contributed by atoms with van der Waals surface area (Å²) in [7, 11) is 1.77. The summed E-state index contributed by atoms with van der Waals surface area (Å²) in [6, 6.07) is 6.24. The predicted molar refractivity (Wildman–Crippen MR) is 121 cm³/mol. The lowest BCUT2D eigenvalue weighted by Gasteiger charge is -2.13. The molecule has 0 amide bonds. The minimum absolute atomic E-state index is 0. The van der Waals surface area contributed by atoms with E-state index in [1.165, 1.54) is 11.1 Å². The summed E-state index contributed by atoms with van der Waals surface area (Å²) in [4.78, 5) is 4.22. The van der Waals surface area contributed by atoms with E-state index >= 15 is 0 Å². The van der Waals surface area contributed by atoms with Crippen molar-refractivity contribution in [3.8, 4) is 5.75 Å². The Balaban J connectivity index is 0.00000364. The lowest BCUT2D eigenvalue weighted by Crippen LogP contribution is -2.40. The van der Waals surface area contributed by atoms with Gasteiger partial charge in [0, 0.05) is 26.8 Å². The van der Waals surface area contributed by atoms with Gasteiger partial charge in [0.2, 0.25) is 0 Å². The molecule has 154 valence electrons. The van der Waals surface area contributed by atoms with Crippen LogP contribution in [0.5, 0.6) is 5.75 Å².